The largest absolute Gasteiger partial charge is 0.480 e. The smallest absolute Gasteiger partial charge is 0.326 e. The summed E-state index contributed by atoms with van der Waals surface area (Å²) in [6, 6.07) is 29.7. The van der Waals surface area contributed by atoms with Gasteiger partial charge in [-0.25, -0.2) is 4.79 Å². The zero-order valence-corrected chi connectivity index (χ0v) is 35.0. The molecular formula is C45H47N4O6S3+. The number of allylic oxidation sites excluding steroid dienone is 2. The molecule has 10 nitrogen and oxygen atoms in total. The molecule has 0 radical (unpaired) electrons. The summed E-state index contributed by atoms with van der Waals surface area (Å²) in [5.41, 5.74) is 7.93. The maximum absolute atomic E-state index is 13.1. The molecule has 7 rings (SSSR count). The summed E-state index contributed by atoms with van der Waals surface area (Å²) < 4.78 is 36.0. The van der Waals surface area contributed by atoms with Gasteiger partial charge in [0.2, 0.25) is 11.4 Å². The zero-order chi connectivity index (χ0) is 40.8. The monoisotopic (exact) mass is 835 g/mol. The van der Waals surface area contributed by atoms with Crippen molar-refractivity contribution < 1.29 is 32.2 Å². The molecule has 58 heavy (non-hydrogen) atoms. The van der Waals surface area contributed by atoms with Gasteiger partial charge in [0.15, 0.2) is 6.54 Å². The Labute approximate surface area is 348 Å². The number of aromatic nitrogens is 1. The van der Waals surface area contributed by atoms with Gasteiger partial charge in [-0.3, -0.25) is 9.35 Å². The average molecular weight is 836 g/mol. The molecular weight excluding hydrogens is 789 g/mol. The van der Waals surface area contributed by atoms with Crippen molar-refractivity contribution in [3.8, 4) is 11.1 Å². The van der Waals surface area contributed by atoms with Crippen molar-refractivity contribution >= 4 is 78.4 Å². The molecule has 1 unspecified atom stereocenters. The molecule has 1 aromatic heterocycles. The SMILES string of the molecule is CC(=Cc1sc2ccc(-c3ccccc3)cc2[n+]1CCCS(=O)(=O)O)C=C1Sc2ccc(C)cc2N1CCCCC(=O)Nc1cccc(N2CC=CCC2C(=O)O)c1. The third-order valence-corrected chi connectivity index (χ3v) is 13.2. The Morgan fingerprint density at radius 1 is 0.948 bits per heavy atom. The number of benzene rings is 4. The Kier molecular flexibility index (Phi) is 12.8. The van der Waals surface area contributed by atoms with Crippen LogP contribution in [0.4, 0.5) is 17.1 Å². The summed E-state index contributed by atoms with van der Waals surface area (Å²) in [5.74, 6) is -1.27. The second kappa shape index (κ2) is 18.2. The summed E-state index contributed by atoms with van der Waals surface area (Å²) in [7, 11) is -4.09. The lowest BCUT2D eigenvalue weighted by Gasteiger charge is -2.32. The minimum Gasteiger partial charge on any atom is -0.480 e. The van der Waals surface area contributed by atoms with Gasteiger partial charge in [-0.05, 0) is 97.8 Å². The molecule has 0 aliphatic carbocycles. The van der Waals surface area contributed by atoms with E-state index in [2.05, 4.69) is 89.3 Å². The van der Waals surface area contributed by atoms with E-state index in [1.54, 1.807) is 23.1 Å². The van der Waals surface area contributed by atoms with Crippen LogP contribution in [0.2, 0.25) is 0 Å². The van der Waals surface area contributed by atoms with E-state index in [9.17, 15) is 27.7 Å². The summed E-state index contributed by atoms with van der Waals surface area (Å²) in [6.45, 7) is 5.82. The number of carboxylic acids is 1. The zero-order valence-electron chi connectivity index (χ0n) is 32.5. The van der Waals surface area contributed by atoms with Crippen LogP contribution in [0, 0.1) is 6.92 Å². The van der Waals surface area contributed by atoms with E-state index in [-0.39, 0.29) is 18.1 Å². The van der Waals surface area contributed by atoms with E-state index >= 15 is 0 Å². The fraction of sp³-hybridized carbons (Fsp3) is 0.267. The summed E-state index contributed by atoms with van der Waals surface area (Å²) in [4.78, 5) is 30.3. The minimum absolute atomic E-state index is 0.0869. The third-order valence-electron chi connectivity index (χ3n) is 10.2. The number of unbranched alkanes of at least 4 members (excludes halogenated alkanes) is 1. The number of rotatable bonds is 15. The van der Waals surface area contributed by atoms with Crippen LogP contribution in [-0.4, -0.2) is 54.8 Å². The molecule has 5 aromatic rings. The first-order valence-corrected chi connectivity index (χ1v) is 22.6. The van der Waals surface area contributed by atoms with E-state index in [1.807, 2.05) is 59.5 Å². The van der Waals surface area contributed by atoms with Gasteiger partial charge in [-0.15, -0.1) is 0 Å². The molecule has 1 amide bonds. The van der Waals surface area contributed by atoms with E-state index < -0.39 is 22.1 Å². The maximum atomic E-state index is 13.1. The van der Waals surface area contributed by atoms with Crippen LogP contribution in [-0.2, 0) is 26.3 Å². The normalized spacial score (nSPS) is 16.3. The van der Waals surface area contributed by atoms with Gasteiger partial charge in [0.25, 0.3) is 15.1 Å². The van der Waals surface area contributed by atoms with Crippen LogP contribution in [0.3, 0.4) is 0 Å². The molecule has 0 fully saturated rings. The van der Waals surface area contributed by atoms with Crippen LogP contribution in [0.5, 0.6) is 0 Å². The molecule has 4 aromatic carbocycles. The van der Waals surface area contributed by atoms with Crippen molar-refractivity contribution in [2.24, 2.45) is 0 Å². The number of thioether (sulfide) groups is 1. The number of aryl methyl sites for hydroxylation is 2. The quantitative estimate of drug-likeness (QED) is 0.0409. The van der Waals surface area contributed by atoms with Gasteiger partial charge in [-0.2, -0.15) is 13.0 Å². The molecule has 3 N–H and O–H groups in total. The number of aliphatic carboxylic acids is 1. The molecule has 3 heterocycles. The first-order chi connectivity index (χ1) is 27.9. The average Bonchev–Trinajstić information content (AvgIpc) is 3.71. The molecule has 2 aliphatic rings. The number of hydrogen-bond donors (Lipinski definition) is 3. The number of fused-ring (bicyclic) bond motifs is 2. The maximum Gasteiger partial charge on any atom is 0.326 e. The Morgan fingerprint density at radius 3 is 2.57 bits per heavy atom. The first kappa shape index (κ1) is 41.0. The van der Waals surface area contributed by atoms with Crippen LogP contribution in [0.1, 0.15) is 49.6 Å². The predicted molar refractivity (Wildman–Crippen MR) is 236 cm³/mol. The number of carboxylic acid groups (broad SMARTS) is 1. The van der Waals surface area contributed by atoms with Crippen molar-refractivity contribution in [3.63, 3.8) is 0 Å². The van der Waals surface area contributed by atoms with Crippen molar-refractivity contribution in [3.05, 3.63) is 130 Å². The number of amides is 1. The van der Waals surface area contributed by atoms with Gasteiger partial charge < -0.3 is 20.2 Å². The van der Waals surface area contributed by atoms with Crippen LogP contribution in [0.25, 0.3) is 27.4 Å². The minimum atomic E-state index is -4.09. The van der Waals surface area contributed by atoms with Crippen molar-refractivity contribution in [2.45, 2.75) is 63.4 Å². The van der Waals surface area contributed by atoms with Crippen molar-refractivity contribution in [2.75, 3.05) is 34.0 Å². The highest BCUT2D eigenvalue weighted by molar-refractivity contribution is 8.03. The number of thiazole rings is 1. The molecule has 0 spiro atoms. The van der Waals surface area contributed by atoms with Crippen molar-refractivity contribution in [1.29, 1.82) is 0 Å². The van der Waals surface area contributed by atoms with Crippen LogP contribution >= 0.6 is 23.1 Å². The second-order valence-corrected chi connectivity index (χ2v) is 18.3. The molecule has 0 saturated carbocycles. The van der Waals surface area contributed by atoms with Gasteiger partial charge >= 0.3 is 5.97 Å². The van der Waals surface area contributed by atoms with E-state index in [0.29, 0.717) is 38.0 Å². The molecule has 0 bridgehead atoms. The van der Waals surface area contributed by atoms with E-state index in [4.69, 9.17) is 0 Å². The number of nitrogens with zero attached hydrogens (tertiary/aromatic N) is 3. The molecule has 300 valence electrons. The lowest BCUT2D eigenvalue weighted by Crippen LogP contribution is -2.43. The van der Waals surface area contributed by atoms with Crippen molar-refractivity contribution in [1.82, 2.24) is 0 Å². The van der Waals surface area contributed by atoms with Crippen LogP contribution < -0.4 is 19.7 Å². The molecule has 13 heteroatoms. The highest BCUT2D eigenvalue weighted by Gasteiger charge is 2.28. The number of hydrogen-bond acceptors (Lipinski definition) is 8. The molecule has 1 atom stereocenters. The lowest BCUT2D eigenvalue weighted by molar-refractivity contribution is -0.668. The summed E-state index contributed by atoms with van der Waals surface area (Å²) in [5, 5.41) is 14.8. The van der Waals surface area contributed by atoms with Gasteiger partial charge in [-0.1, -0.05) is 83.8 Å². The van der Waals surface area contributed by atoms with E-state index in [1.165, 1.54) is 10.5 Å². The topological polar surface area (TPSA) is 131 Å². The Balaban J connectivity index is 1.06. The predicted octanol–water partition coefficient (Wildman–Crippen LogP) is 9.33. The van der Waals surface area contributed by atoms with Crippen LogP contribution in [0.15, 0.2) is 125 Å². The number of carbonyl (C=O) groups is 2. The fourth-order valence-electron chi connectivity index (χ4n) is 7.36. The highest BCUT2D eigenvalue weighted by Crippen LogP contribution is 2.47. The Bertz CT molecular complexity index is 2530. The Morgan fingerprint density at radius 2 is 1.78 bits per heavy atom. The number of anilines is 3. The molecule has 0 saturated heterocycles. The second-order valence-electron chi connectivity index (χ2n) is 14.6. The lowest BCUT2D eigenvalue weighted by atomic mass is 10.1. The third kappa shape index (κ3) is 10.1. The Hall–Kier alpha value is -5.21. The van der Waals surface area contributed by atoms with Gasteiger partial charge in [0.1, 0.15) is 10.7 Å². The molecule has 2 aliphatic heterocycles. The summed E-state index contributed by atoms with van der Waals surface area (Å²) >= 11 is 3.37. The van der Waals surface area contributed by atoms with Gasteiger partial charge in [0, 0.05) is 54.3 Å². The van der Waals surface area contributed by atoms with E-state index in [0.717, 1.165) is 61.3 Å². The fourth-order valence-corrected chi connectivity index (χ4v) is 10.2. The van der Waals surface area contributed by atoms with Gasteiger partial charge in [0.05, 0.1) is 16.5 Å². The number of carbonyl (C=O) groups excluding carboxylic acids is 1. The standard InChI is InChI=1S/C45H46N4O6S3/c1-31-18-20-40-38(26-31)48(23-9-7-17-42(50)46-35-14-10-15-36(30-35)47-22-8-6-16-37(47)45(51)52)43(56-40)27-32(2)28-44-49(24-11-25-58(53,54)55)39-29-34(19-21-41(39)57-44)33-12-4-3-5-13-33/h3-6,8,10,12-15,18-21,26-30,37H,7,9,11,16-17,22-25H2,1-2H3,(H2-,46,50,51,52,53,54,55)/p+1. The first-order valence-electron chi connectivity index (χ1n) is 19.4. The number of nitrogens with one attached hydrogen (secondary N) is 1. The highest BCUT2D eigenvalue weighted by atomic mass is 32.2. The summed E-state index contributed by atoms with van der Waals surface area (Å²) in [6.07, 6.45) is 10.7.